The van der Waals surface area contributed by atoms with E-state index in [4.69, 9.17) is 0 Å². The first-order chi connectivity index (χ1) is 8.22. The highest BCUT2D eigenvalue weighted by atomic mass is 79.9. The monoisotopic (exact) mass is 292 g/mol. The molecule has 0 saturated heterocycles. The number of nitrogens with one attached hydrogen (secondary N) is 1. The van der Waals surface area contributed by atoms with Crippen LogP contribution in [0.3, 0.4) is 0 Å². The van der Waals surface area contributed by atoms with Crippen LogP contribution in [0.2, 0.25) is 0 Å². The summed E-state index contributed by atoms with van der Waals surface area (Å²) in [4.78, 5) is 4.51. The number of benzene rings is 1. The van der Waals surface area contributed by atoms with Gasteiger partial charge in [-0.3, -0.25) is 0 Å². The van der Waals surface area contributed by atoms with Crippen LogP contribution in [0.1, 0.15) is 18.8 Å². The van der Waals surface area contributed by atoms with Gasteiger partial charge in [0.05, 0.1) is 17.9 Å². The van der Waals surface area contributed by atoms with Crippen LogP contribution in [0.25, 0.3) is 11.3 Å². The van der Waals surface area contributed by atoms with Crippen molar-refractivity contribution in [2.24, 2.45) is 0 Å². The maximum atomic E-state index is 4.51. The van der Waals surface area contributed by atoms with E-state index in [1.807, 2.05) is 38.2 Å². The van der Waals surface area contributed by atoms with Crippen LogP contribution in [-0.4, -0.2) is 22.2 Å². The zero-order valence-corrected chi connectivity index (χ0v) is 11.3. The van der Waals surface area contributed by atoms with Gasteiger partial charge in [-0.1, -0.05) is 34.1 Å². The number of halogens is 1. The Hall–Kier alpha value is -1.33. The second-order valence-corrected chi connectivity index (χ2v) is 4.54. The molecule has 1 N–H and O–H groups in total. The van der Waals surface area contributed by atoms with E-state index in [0.29, 0.717) is 5.82 Å². The number of nitrogens with zero attached hydrogens (tertiary/aromatic N) is 3. The van der Waals surface area contributed by atoms with Crippen LogP contribution in [0, 0.1) is 0 Å². The van der Waals surface area contributed by atoms with Crippen molar-refractivity contribution in [2.75, 3.05) is 7.05 Å². The molecule has 0 aliphatic heterocycles. The average molecular weight is 293 g/mol. The minimum absolute atomic E-state index is 0.0879. The molecule has 2 aromatic rings. The normalized spacial score (nSPS) is 12.4. The quantitative estimate of drug-likeness (QED) is 0.945. The molecule has 0 amide bonds. The van der Waals surface area contributed by atoms with Gasteiger partial charge in [0.15, 0.2) is 5.82 Å². The van der Waals surface area contributed by atoms with Crippen molar-refractivity contribution in [1.29, 1.82) is 0 Å². The first-order valence-electron chi connectivity index (χ1n) is 5.34. The lowest BCUT2D eigenvalue weighted by Crippen LogP contribution is -2.16. The fourth-order valence-electron chi connectivity index (χ4n) is 1.43. The Kier molecular flexibility index (Phi) is 3.81. The summed E-state index contributed by atoms with van der Waals surface area (Å²) in [5.74, 6) is 0.695. The SMILES string of the molecule is CNC(C)c1nncc(-c2ccccc2Br)n1. The smallest absolute Gasteiger partial charge is 0.168 e. The summed E-state index contributed by atoms with van der Waals surface area (Å²) in [7, 11) is 1.87. The van der Waals surface area contributed by atoms with Gasteiger partial charge in [-0.15, -0.1) is 5.10 Å². The van der Waals surface area contributed by atoms with Crippen LogP contribution < -0.4 is 5.32 Å². The molecule has 0 aliphatic carbocycles. The second kappa shape index (κ2) is 5.33. The molecule has 0 fully saturated rings. The van der Waals surface area contributed by atoms with Crippen molar-refractivity contribution in [2.45, 2.75) is 13.0 Å². The number of hydrogen-bond donors (Lipinski definition) is 1. The topological polar surface area (TPSA) is 50.7 Å². The molecule has 88 valence electrons. The molecule has 0 spiro atoms. The molecule has 1 heterocycles. The maximum absolute atomic E-state index is 4.51. The predicted molar refractivity (Wildman–Crippen MR) is 70.4 cm³/mol. The molecular formula is C12H13BrN4. The Balaban J connectivity index is 2.43. The van der Waals surface area contributed by atoms with E-state index < -0.39 is 0 Å². The minimum atomic E-state index is 0.0879. The fourth-order valence-corrected chi connectivity index (χ4v) is 1.92. The fraction of sp³-hybridized carbons (Fsp3) is 0.250. The van der Waals surface area contributed by atoms with Gasteiger partial charge >= 0.3 is 0 Å². The summed E-state index contributed by atoms with van der Waals surface area (Å²) >= 11 is 3.51. The molecule has 0 radical (unpaired) electrons. The summed E-state index contributed by atoms with van der Waals surface area (Å²) < 4.78 is 1.00. The largest absolute Gasteiger partial charge is 0.311 e. The van der Waals surface area contributed by atoms with Crippen molar-refractivity contribution in [3.05, 3.63) is 40.8 Å². The first-order valence-corrected chi connectivity index (χ1v) is 6.13. The number of aromatic nitrogens is 3. The summed E-state index contributed by atoms with van der Waals surface area (Å²) in [6.07, 6.45) is 1.67. The van der Waals surface area contributed by atoms with Gasteiger partial charge in [0.1, 0.15) is 0 Å². The summed E-state index contributed by atoms with van der Waals surface area (Å²) in [5, 5.41) is 11.1. The van der Waals surface area contributed by atoms with E-state index in [2.05, 4.69) is 36.4 Å². The lowest BCUT2D eigenvalue weighted by Gasteiger charge is -2.09. The van der Waals surface area contributed by atoms with Gasteiger partial charge < -0.3 is 5.32 Å². The van der Waals surface area contributed by atoms with E-state index in [1.165, 1.54) is 0 Å². The van der Waals surface area contributed by atoms with E-state index in [1.54, 1.807) is 6.20 Å². The van der Waals surface area contributed by atoms with Crippen LogP contribution in [0.4, 0.5) is 0 Å². The summed E-state index contributed by atoms with van der Waals surface area (Å²) in [6.45, 7) is 2.00. The Morgan fingerprint density at radius 2 is 2.06 bits per heavy atom. The summed E-state index contributed by atoms with van der Waals surface area (Å²) in [5.41, 5.74) is 1.84. The molecule has 1 unspecified atom stereocenters. The maximum Gasteiger partial charge on any atom is 0.168 e. The third kappa shape index (κ3) is 2.68. The van der Waals surface area contributed by atoms with Crippen LogP contribution in [-0.2, 0) is 0 Å². The Morgan fingerprint density at radius 1 is 1.29 bits per heavy atom. The molecular weight excluding hydrogens is 280 g/mol. The van der Waals surface area contributed by atoms with Crippen molar-refractivity contribution in [1.82, 2.24) is 20.5 Å². The van der Waals surface area contributed by atoms with Gasteiger partial charge in [0.25, 0.3) is 0 Å². The van der Waals surface area contributed by atoms with Gasteiger partial charge in [-0.2, -0.15) is 5.10 Å². The highest BCUT2D eigenvalue weighted by Gasteiger charge is 2.10. The van der Waals surface area contributed by atoms with Gasteiger partial charge in [0, 0.05) is 10.0 Å². The van der Waals surface area contributed by atoms with Gasteiger partial charge in [-0.05, 0) is 20.0 Å². The second-order valence-electron chi connectivity index (χ2n) is 3.69. The molecule has 0 saturated carbocycles. The lowest BCUT2D eigenvalue weighted by atomic mass is 10.1. The average Bonchev–Trinajstić information content (AvgIpc) is 2.38. The zero-order valence-electron chi connectivity index (χ0n) is 9.68. The molecule has 1 atom stereocenters. The van der Waals surface area contributed by atoms with E-state index in [-0.39, 0.29) is 6.04 Å². The van der Waals surface area contributed by atoms with Crippen molar-refractivity contribution in [3.63, 3.8) is 0 Å². The molecule has 1 aromatic heterocycles. The molecule has 0 aliphatic rings. The van der Waals surface area contributed by atoms with E-state index >= 15 is 0 Å². The molecule has 5 heteroatoms. The number of rotatable bonds is 3. The third-order valence-corrected chi connectivity index (χ3v) is 3.24. The highest BCUT2D eigenvalue weighted by molar-refractivity contribution is 9.10. The Morgan fingerprint density at radius 3 is 2.76 bits per heavy atom. The van der Waals surface area contributed by atoms with Crippen molar-refractivity contribution >= 4 is 15.9 Å². The molecule has 1 aromatic carbocycles. The predicted octanol–water partition coefficient (Wildman–Crippen LogP) is 2.58. The first kappa shape index (κ1) is 12.1. The molecule has 17 heavy (non-hydrogen) atoms. The zero-order chi connectivity index (χ0) is 12.3. The highest BCUT2D eigenvalue weighted by Crippen LogP contribution is 2.25. The number of hydrogen-bond acceptors (Lipinski definition) is 4. The van der Waals surface area contributed by atoms with Crippen LogP contribution in [0.15, 0.2) is 34.9 Å². The minimum Gasteiger partial charge on any atom is -0.311 e. The van der Waals surface area contributed by atoms with Crippen molar-refractivity contribution in [3.8, 4) is 11.3 Å². The third-order valence-electron chi connectivity index (χ3n) is 2.55. The molecule has 4 nitrogen and oxygen atoms in total. The molecule has 0 bridgehead atoms. The Labute approximate surface area is 109 Å². The van der Waals surface area contributed by atoms with E-state index in [9.17, 15) is 0 Å². The lowest BCUT2D eigenvalue weighted by molar-refractivity contribution is 0.597. The summed E-state index contributed by atoms with van der Waals surface area (Å²) in [6, 6.07) is 8.02. The van der Waals surface area contributed by atoms with Gasteiger partial charge in [-0.25, -0.2) is 4.98 Å². The van der Waals surface area contributed by atoms with Crippen LogP contribution in [0.5, 0.6) is 0 Å². The Bertz CT molecular complexity index is 515. The standard InChI is InChI=1S/C12H13BrN4/c1-8(14-2)12-16-11(7-15-17-12)9-5-3-4-6-10(9)13/h3-8,14H,1-2H3. The van der Waals surface area contributed by atoms with Crippen molar-refractivity contribution < 1.29 is 0 Å². The molecule has 2 rings (SSSR count). The van der Waals surface area contributed by atoms with Gasteiger partial charge in [0.2, 0.25) is 0 Å². The van der Waals surface area contributed by atoms with Crippen LogP contribution >= 0.6 is 15.9 Å². The van der Waals surface area contributed by atoms with E-state index in [0.717, 1.165) is 15.7 Å².